The Balaban J connectivity index is 2.36. The maximum Gasteiger partial charge on any atom is 0.240 e. The van der Waals surface area contributed by atoms with Crippen molar-refractivity contribution in [1.29, 1.82) is 0 Å². The van der Waals surface area contributed by atoms with Crippen molar-refractivity contribution < 1.29 is 9.53 Å². The van der Waals surface area contributed by atoms with Crippen LogP contribution in [0.5, 0.6) is 0 Å². The third-order valence-corrected chi connectivity index (χ3v) is 2.97. The fourth-order valence-electron chi connectivity index (χ4n) is 1.60. The van der Waals surface area contributed by atoms with Crippen LogP contribution < -0.4 is 11.1 Å². The highest BCUT2D eigenvalue weighted by Gasteiger charge is 2.46. The van der Waals surface area contributed by atoms with Gasteiger partial charge in [-0.15, -0.1) is 0 Å². The molecular formula is C11H22N2O2. The Labute approximate surface area is 91.5 Å². The molecule has 88 valence electrons. The second kappa shape index (κ2) is 4.10. The van der Waals surface area contributed by atoms with Crippen LogP contribution in [0.15, 0.2) is 0 Å². The van der Waals surface area contributed by atoms with E-state index in [4.69, 9.17) is 10.5 Å². The molecular weight excluding hydrogens is 192 g/mol. The maximum absolute atomic E-state index is 11.6. The molecule has 0 aromatic rings. The molecule has 4 heteroatoms. The summed E-state index contributed by atoms with van der Waals surface area (Å²) in [6, 6.07) is 0.0912. The predicted molar refractivity (Wildman–Crippen MR) is 59.5 cm³/mol. The summed E-state index contributed by atoms with van der Waals surface area (Å²) in [7, 11) is 1.68. The van der Waals surface area contributed by atoms with Crippen molar-refractivity contribution in [3.63, 3.8) is 0 Å². The van der Waals surface area contributed by atoms with Gasteiger partial charge in [-0.25, -0.2) is 0 Å². The molecule has 15 heavy (non-hydrogen) atoms. The maximum atomic E-state index is 11.6. The summed E-state index contributed by atoms with van der Waals surface area (Å²) < 4.78 is 5.31. The van der Waals surface area contributed by atoms with Gasteiger partial charge in [0, 0.05) is 13.2 Å². The Kier molecular flexibility index (Phi) is 3.41. The summed E-state index contributed by atoms with van der Waals surface area (Å²) in [5.74, 6) is -0.0260. The normalized spacial score (nSPS) is 20.9. The molecule has 1 amide bonds. The molecule has 0 spiro atoms. The minimum Gasteiger partial charge on any atom is -0.379 e. The number of nitrogens with two attached hydrogens (primary N) is 1. The van der Waals surface area contributed by atoms with E-state index in [1.54, 1.807) is 7.11 Å². The number of carbonyl (C=O) groups excluding carboxylic acids is 1. The molecule has 0 aliphatic heterocycles. The second-order valence-electron chi connectivity index (χ2n) is 5.20. The molecule has 0 radical (unpaired) electrons. The molecule has 1 aliphatic rings. The number of methoxy groups -OCH3 is 1. The van der Waals surface area contributed by atoms with Crippen LogP contribution >= 0.6 is 0 Å². The fraction of sp³-hybridized carbons (Fsp3) is 0.909. The lowest BCUT2D eigenvalue weighted by molar-refractivity contribution is -0.124. The molecule has 1 atom stereocenters. The van der Waals surface area contributed by atoms with Crippen LogP contribution in [0.3, 0.4) is 0 Å². The van der Waals surface area contributed by atoms with Crippen LogP contribution in [-0.4, -0.2) is 30.2 Å². The third kappa shape index (κ3) is 3.47. The number of rotatable bonds is 5. The summed E-state index contributed by atoms with van der Waals surface area (Å²) in [6.45, 7) is 5.99. The number of hydrogen-bond acceptors (Lipinski definition) is 3. The Bertz CT molecular complexity index is 247. The van der Waals surface area contributed by atoms with E-state index in [0.29, 0.717) is 0 Å². The quantitative estimate of drug-likeness (QED) is 0.711. The smallest absolute Gasteiger partial charge is 0.240 e. The van der Waals surface area contributed by atoms with Crippen molar-refractivity contribution in [3.05, 3.63) is 0 Å². The Morgan fingerprint density at radius 2 is 2.13 bits per heavy atom. The zero-order valence-electron chi connectivity index (χ0n) is 10.1. The Morgan fingerprint density at radius 3 is 2.53 bits per heavy atom. The number of ether oxygens (including phenoxy) is 1. The van der Waals surface area contributed by atoms with Gasteiger partial charge in [-0.3, -0.25) is 4.79 Å². The average Bonchev–Trinajstić information content (AvgIpc) is 2.84. The van der Waals surface area contributed by atoms with Crippen LogP contribution in [0.1, 0.15) is 40.0 Å². The zero-order chi connectivity index (χ0) is 11.7. The van der Waals surface area contributed by atoms with Gasteiger partial charge in [0.25, 0.3) is 0 Å². The van der Waals surface area contributed by atoms with Gasteiger partial charge in [-0.1, -0.05) is 0 Å². The van der Waals surface area contributed by atoms with Gasteiger partial charge in [0.1, 0.15) is 0 Å². The fourth-order valence-corrected chi connectivity index (χ4v) is 1.60. The van der Waals surface area contributed by atoms with Gasteiger partial charge in [0.2, 0.25) is 5.91 Å². The van der Waals surface area contributed by atoms with E-state index in [1.165, 1.54) is 0 Å². The van der Waals surface area contributed by atoms with E-state index < -0.39 is 5.54 Å². The van der Waals surface area contributed by atoms with Crippen LogP contribution in [0.4, 0.5) is 0 Å². The van der Waals surface area contributed by atoms with Crippen molar-refractivity contribution in [2.45, 2.75) is 57.2 Å². The highest BCUT2D eigenvalue weighted by atomic mass is 16.5. The standard InChI is InChI=1S/C11H22N2O2/c1-8(7-10(2,3)15-4)13-9(14)11(12)5-6-11/h8H,5-7,12H2,1-4H3,(H,13,14). The number of nitrogens with one attached hydrogen (secondary N) is 1. The zero-order valence-corrected chi connectivity index (χ0v) is 10.1. The van der Waals surface area contributed by atoms with Crippen molar-refractivity contribution >= 4 is 5.91 Å². The molecule has 0 saturated heterocycles. The summed E-state index contributed by atoms with van der Waals surface area (Å²) in [5, 5.41) is 2.93. The topological polar surface area (TPSA) is 64.3 Å². The summed E-state index contributed by atoms with van der Waals surface area (Å²) in [5.41, 5.74) is 5.00. The molecule has 1 aliphatic carbocycles. The molecule has 3 N–H and O–H groups in total. The molecule has 0 heterocycles. The monoisotopic (exact) mass is 214 g/mol. The largest absolute Gasteiger partial charge is 0.379 e. The second-order valence-corrected chi connectivity index (χ2v) is 5.20. The lowest BCUT2D eigenvalue weighted by Crippen LogP contribution is -2.48. The van der Waals surface area contributed by atoms with Crippen LogP contribution in [0, 0.1) is 0 Å². The first-order valence-electron chi connectivity index (χ1n) is 5.44. The van der Waals surface area contributed by atoms with E-state index in [2.05, 4.69) is 5.32 Å². The molecule has 0 aromatic carbocycles. The summed E-state index contributed by atoms with van der Waals surface area (Å²) in [6.07, 6.45) is 2.39. The molecule has 1 saturated carbocycles. The lowest BCUT2D eigenvalue weighted by atomic mass is 9.99. The van der Waals surface area contributed by atoms with Crippen molar-refractivity contribution in [3.8, 4) is 0 Å². The van der Waals surface area contributed by atoms with Crippen LogP contribution in [0.2, 0.25) is 0 Å². The van der Waals surface area contributed by atoms with E-state index in [1.807, 2.05) is 20.8 Å². The third-order valence-electron chi connectivity index (χ3n) is 2.97. The van der Waals surface area contributed by atoms with Gasteiger partial charge < -0.3 is 15.8 Å². The average molecular weight is 214 g/mol. The SMILES string of the molecule is COC(C)(C)CC(C)NC(=O)C1(N)CC1. The van der Waals surface area contributed by atoms with Gasteiger partial charge >= 0.3 is 0 Å². The van der Waals surface area contributed by atoms with Crippen molar-refractivity contribution in [2.75, 3.05) is 7.11 Å². The van der Waals surface area contributed by atoms with Crippen LogP contribution in [0.25, 0.3) is 0 Å². The Morgan fingerprint density at radius 1 is 1.60 bits per heavy atom. The van der Waals surface area contributed by atoms with E-state index in [0.717, 1.165) is 19.3 Å². The number of amides is 1. The molecule has 4 nitrogen and oxygen atoms in total. The number of hydrogen-bond donors (Lipinski definition) is 2. The van der Waals surface area contributed by atoms with Gasteiger partial charge in [-0.2, -0.15) is 0 Å². The minimum absolute atomic E-state index is 0.0260. The first kappa shape index (κ1) is 12.5. The van der Waals surface area contributed by atoms with Gasteiger partial charge in [-0.05, 0) is 40.0 Å². The molecule has 1 fully saturated rings. The lowest BCUT2D eigenvalue weighted by Gasteiger charge is -2.27. The Hall–Kier alpha value is -0.610. The van der Waals surface area contributed by atoms with E-state index >= 15 is 0 Å². The van der Waals surface area contributed by atoms with Crippen molar-refractivity contribution in [1.82, 2.24) is 5.32 Å². The van der Waals surface area contributed by atoms with E-state index in [9.17, 15) is 4.79 Å². The first-order chi connectivity index (χ1) is 6.79. The van der Waals surface area contributed by atoms with Crippen LogP contribution in [-0.2, 0) is 9.53 Å². The number of carbonyl (C=O) groups is 1. The molecule has 1 rings (SSSR count). The minimum atomic E-state index is -0.578. The molecule has 0 aromatic heterocycles. The molecule has 1 unspecified atom stereocenters. The highest BCUT2D eigenvalue weighted by Crippen LogP contribution is 2.32. The highest BCUT2D eigenvalue weighted by molar-refractivity contribution is 5.89. The summed E-state index contributed by atoms with van der Waals surface area (Å²) in [4.78, 5) is 11.6. The molecule has 0 bridgehead atoms. The predicted octanol–water partition coefficient (Wildman–Crippen LogP) is 0.798. The van der Waals surface area contributed by atoms with Gasteiger partial charge in [0.05, 0.1) is 11.1 Å². The van der Waals surface area contributed by atoms with Gasteiger partial charge in [0.15, 0.2) is 0 Å². The van der Waals surface area contributed by atoms with Crippen molar-refractivity contribution in [2.24, 2.45) is 5.73 Å². The first-order valence-corrected chi connectivity index (χ1v) is 5.44. The summed E-state index contributed by atoms with van der Waals surface area (Å²) >= 11 is 0. The van der Waals surface area contributed by atoms with E-state index in [-0.39, 0.29) is 17.6 Å².